The molecule has 0 radical (unpaired) electrons. The van der Waals surface area contributed by atoms with Crippen molar-refractivity contribution < 1.29 is 9.90 Å². The summed E-state index contributed by atoms with van der Waals surface area (Å²) in [5.74, 6) is 0.548. The summed E-state index contributed by atoms with van der Waals surface area (Å²) in [5, 5.41) is 12.2. The third-order valence-electron chi connectivity index (χ3n) is 2.03. The molecule has 0 bridgehead atoms. The number of carbonyl (C=O) groups excluding carboxylic acids is 1. The number of alkyl halides is 1. The fourth-order valence-corrected chi connectivity index (χ4v) is 1.40. The van der Waals surface area contributed by atoms with E-state index in [4.69, 9.17) is 11.6 Å². The van der Waals surface area contributed by atoms with Crippen molar-refractivity contribution in [3.8, 4) is 5.75 Å². The number of para-hydroxylation sites is 1. The highest BCUT2D eigenvalue weighted by Gasteiger charge is 2.01. The fraction of sp³-hybridized carbons (Fsp3) is 0.364. The predicted octanol–water partition coefficient (Wildman–Crippen LogP) is 1.68. The van der Waals surface area contributed by atoms with Gasteiger partial charge in [0.15, 0.2) is 0 Å². The molecule has 0 fully saturated rings. The zero-order valence-corrected chi connectivity index (χ0v) is 9.13. The first-order valence-electron chi connectivity index (χ1n) is 4.83. The van der Waals surface area contributed by atoms with E-state index in [1.165, 1.54) is 0 Å². The number of aromatic hydroxyl groups is 1. The lowest BCUT2D eigenvalue weighted by atomic mass is 10.1. The van der Waals surface area contributed by atoms with Gasteiger partial charge < -0.3 is 10.4 Å². The summed E-state index contributed by atoms with van der Waals surface area (Å²) in [7, 11) is 0. The Morgan fingerprint density at radius 2 is 2.13 bits per heavy atom. The minimum Gasteiger partial charge on any atom is -0.508 e. The molecule has 1 aromatic rings. The Bertz CT molecular complexity index is 328. The predicted molar refractivity (Wildman–Crippen MR) is 60.2 cm³/mol. The van der Waals surface area contributed by atoms with E-state index in [9.17, 15) is 9.90 Å². The van der Waals surface area contributed by atoms with Gasteiger partial charge in [-0.3, -0.25) is 4.79 Å². The molecule has 3 nitrogen and oxygen atoms in total. The minimum atomic E-state index is -0.0552. The maximum absolute atomic E-state index is 11.1. The second-order valence-electron chi connectivity index (χ2n) is 3.17. The summed E-state index contributed by atoms with van der Waals surface area (Å²) < 4.78 is 0. The lowest BCUT2D eigenvalue weighted by Crippen LogP contribution is -2.25. The summed E-state index contributed by atoms with van der Waals surface area (Å²) in [6.45, 7) is 0.521. The molecule has 0 aliphatic rings. The normalized spacial score (nSPS) is 9.93. The molecule has 1 amide bonds. The van der Waals surface area contributed by atoms with Gasteiger partial charge in [0.1, 0.15) is 5.75 Å². The van der Waals surface area contributed by atoms with Crippen LogP contribution in [0.25, 0.3) is 0 Å². The number of phenolic OH excluding ortho intramolecular Hbond substituents is 1. The van der Waals surface area contributed by atoms with Crippen molar-refractivity contribution in [2.75, 3.05) is 12.4 Å². The Morgan fingerprint density at radius 3 is 2.80 bits per heavy atom. The molecule has 1 aromatic carbocycles. The van der Waals surface area contributed by atoms with Crippen molar-refractivity contribution in [2.24, 2.45) is 0 Å². The molecule has 15 heavy (non-hydrogen) atoms. The molecule has 1 rings (SSSR count). The molecular weight excluding hydrogens is 214 g/mol. The van der Waals surface area contributed by atoms with E-state index < -0.39 is 0 Å². The summed E-state index contributed by atoms with van der Waals surface area (Å²) in [4.78, 5) is 11.1. The quantitative estimate of drug-likeness (QED) is 0.752. The maximum Gasteiger partial charge on any atom is 0.221 e. The molecule has 0 spiro atoms. The van der Waals surface area contributed by atoms with Crippen LogP contribution >= 0.6 is 11.6 Å². The number of phenols is 1. The van der Waals surface area contributed by atoms with Crippen LogP contribution in [0.5, 0.6) is 5.75 Å². The van der Waals surface area contributed by atoms with Crippen LogP contribution in [0.4, 0.5) is 0 Å². The van der Waals surface area contributed by atoms with Gasteiger partial charge in [-0.05, 0) is 18.1 Å². The first kappa shape index (κ1) is 11.9. The zero-order valence-electron chi connectivity index (χ0n) is 8.37. The van der Waals surface area contributed by atoms with Crippen molar-refractivity contribution >= 4 is 17.5 Å². The van der Waals surface area contributed by atoms with Crippen LogP contribution in [-0.4, -0.2) is 23.4 Å². The summed E-state index contributed by atoms with van der Waals surface area (Å²) in [5.41, 5.74) is 0.837. The van der Waals surface area contributed by atoms with Gasteiger partial charge in [-0.2, -0.15) is 0 Å². The number of rotatable bonds is 5. The van der Waals surface area contributed by atoms with Crippen LogP contribution in [-0.2, 0) is 11.2 Å². The van der Waals surface area contributed by atoms with Crippen molar-refractivity contribution in [3.63, 3.8) is 0 Å². The van der Waals surface area contributed by atoms with Crippen LogP contribution in [0.3, 0.4) is 0 Å². The lowest BCUT2D eigenvalue weighted by molar-refractivity contribution is -0.120. The van der Waals surface area contributed by atoms with E-state index in [2.05, 4.69) is 5.32 Å². The lowest BCUT2D eigenvalue weighted by Gasteiger charge is -2.05. The van der Waals surface area contributed by atoms with Gasteiger partial charge in [0.2, 0.25) is 5.91 Å². The van der Waals surface area contributed by atoms with E-state index in [1.54, 1.807) is 12.1 Å². The smallest absolute Gasteiger partial charge is 0.221 e. The van der Waals surface area contributed by atoms with Gasteiger partial charge in [-0.1, -0.05) is 18.2 Å². The summed E-state index contributed by atoms with van der Waals surface area (Å²) >= 11 is 5.42. The van der Waals surface area contributed by atoms with E-state index in [0.29, 0.717) is 25.3 Å². The van der Waals surface area contributed by atoms with Crippen LogP contribution in [0.1, 0.15) is 12.0 Å². The first-order chi connectivity index (χ1) is 7.24. The highest BCUT2D eigenvalue weighted by atomic mass is 35.5. The van der Waals surface area contributed by atoms with Gasteiger partial charge in [-0.25, -0.2) is 0 Å². The number of benzene rings is 1. The summed E-state index contributed by atoms with van der Waals surface area (Å²) in [6, 6.07) is 7.10. The molecule has 0 aliphatic carbocycles. The molecule has 0 atom stereocenters. The van der Waals surface area contributed by atoms with Crippen molar-refractivity contribution in [1.29, 1.82) is 0 Å². The van der Waals surface area contributed by atoms with Crippen molar-refractivity contribution in [2.45, 2.75) is 12.8 Å². The third kappa shape index (κ3) is 4.21. The Kier molecular flexibility index (Phi) is 4.98. The zero-order chi connectivity index (χ0) is 11.1. The standard InChI is InChI=1S/C11H14ClNO2/c12-7-5-11(15)13-8-6-9-3-1-2-4-10(9)14/h1-4,14H,5-8H2,(H,13,15). The van der Waals surface area contributed by atoms with Gasteiger partial charge in [0.05, 0.1) is 0 Å². The molecular formula is C11H14ClNO2. The van der Waals surface area contributed by atoms with Gasteiger partial charge in [-0.15, -0.1) is 11.6 Å². The highest BCUT2D eigenvalue weighted by molar-refractivity contribution is 6.18. The third-order valence-corrected chi connectivity index (χ3v) is 2.22. The molecule has 0 unspecified atom stereocenters. The summed E-state index contributed by atoms with van der Waals surface area (Å²) in [6.07, 6.45) is 0.961. The van der Waals surface area contributed by atoms with Crippen LogP contribution in [0, 0.1) is 0 Å². The van der Waals surface area contributed by atoms with Crippen molar-refractivity contribution in [1.82, 2.24) is 5.32 Å². The monoisotopic (exact) mass is 227 g/mol. The van der Waals surface area contributed by atoms with E-state index in [1.807, 2.05) is 12.1 Å². The molecule has 0 aliphatic heterocycles. The van der Waals surface area contributed by atoms with E-state index in [-0.39, 0.29) is 11.7 Å². The SMILES string of the molecule is O=C(CCCl)NCCc1ccccc1O. The van der Waals surface area contributed by atoms with Crippen LogP contribution in [0.15, 0.2) is 24.3 Å². The number of hydrogen-bond donors (Lipinski definition) is 2. The maximum atomic E-state index is 11.1. The van der Waals surface area contributed by atoms with Crippen LogP contribution < -0.4 is 5.32 Å². The Hall–Kier alpha value is -1.22. The average molecular weight is 228 g/mol. The number of carbonyl (C=O) groups is 1. The van der Waals surface area contributed by atoms with Gasteiger partial charge in [0.25, 0.3) is 0 Å². The second kappa shape index (κ2) is 6.30. The molecule has 0 aromatic heterocycles. The van der Waals surface area contributed by atoms with E-state index in [0.717, 1.165) is 5.56 Å². The number of amides is 1. The molecule has 82 valence electrons. The topological polar surface area (TPSA) is 49.3 Å². The molecule has 0 saturated carbocycles. The Morgan fingerprint density at radius 1 is 1.40 bits per heavy atom. The largest absolute Gasteiger partial charge is 0.508 e. The fourth-order valence-electron chi connectivity index (χ4n) is 1.23. The van der Waals surface area contributed by atoms with Crippen LogP contribution in [0.2, 0.25) is 0 Å². The number of hydrogen-bond acceptors (Lipinski definition) is 2. The molecule has 2 N–H and O–H groups in total. The highest BCUT2D eigenvalue weighted by Crippen LogP contribution is 2.15. The average Bonchev–Trinajstić information content (AvgIpc) is 2.21. The number of halogens is 1. The Balaban J connectivity index is 2.32. The van der Waals surface area contributed by atoms with Crippen molar-refractivity contribution in [3.05, 3.63) is 29.8 Å². The van der Waals surface area contributed by atoms with Gasteiger partial charge in [0, 0.05) is 18.8 Å². The van der Waals surface area contributed by atoms with Gasteiger partial charge >= 0.3 is 0 Å². The second-order valence-corrected chi connectivity index (χ2v) is 3.55. The molecule has 0 heterocycles. The number of nitrogens with one attached hydrogen (secondary N) is 1. The molecule has 4 heteroatoms. The Labute approximate surface area is 94.1 Å². The minimum absolute atomic E-state index is 0.0552. The first-order valence-corrected chi connectivity index (χ1v) is 5.37. The van der Waals surface area contributed by atoms with E-state index >= 15 is 0 Å². The molecule has 0 saturated heterocycles.